The molecule has 0 aromatic carbocycles. The van der Waals surface area contributed by atoms with Gasteiger partial charge in [-0.2, -0.15) is 11.3 Å². The van der Waals surface area contributed by atoms with E-state index in [1.807, 2.05) is 16.8 Å². The zero-order valence-electron chi connectivity index (χ0n) is 10.3. The molecule has 19 heavy (non-hydrogen) atoms. The van der Waals surface area contributed by atoms with Gasteiger partial charge in [0.1, 0.15) is 10.7 Å². The van der Waals surface area contributed by atoms with Gasteiger partial charge in [-0.25, -0.2) is 4.98 Å². The van der Waals surface area contributed by atoms with Crippen molar-refractivity contribution in [3.8, 4) is 0 Å². The summed E-state index contributed by atoms with van der Waals surface area (Å²) >= 11 is 2.89. The van der Waals surface area contributed by atoms with Gasteiger partial charge in [0.15, 0.2) is 0 Å². The number of methoxy groups -OCH3 is 1. The van der Waals surface area contributed by atoms with E-state index in [9.17, 15) is 9.90 Å². The molecule has 0 aliphatic carbocycles. The lowest BCUT2D eigenvalue weighted by atomic mass is 10.2. The van der Waals surface area contributed by atoms with Gasteiger partial charge in [-0.15, -0.1) is 11.3 Å². The molecule has 0 radical (unpaired) electrons. The van der Waals surface area contributed by atoms with E-state index in [-0.39, 0.29) is 12.5 Å². The third-order valence-corrected chi connectivity index (χ3v) is 3.96. The minimum absolute atomic E-state index is 0.173. The molecule has 2 heterocycles. The van der Waals surface area contributed by atoms with Crippen LogP contribution in [0.5, 0.6) is 0 Å². The van der Waals surface area contributed by atoms with Gasteiger partial charge in [-0.3, -0.25) is 4.79 Å². The highest BCUT2D eigenvalue weighted by molar-refractivity contribution is 7.09. The molecule has 1 atom stereocenters. The maximum absolute atomic E-state index is 11.8. The van der Waals surface area contributed by atoms with E-state index in [0.717, 1.165) is 10.6 Å². The number of thiazole rings is 1. The molecular formula is C12H14N2O3S2. The number of aliphatic hydroxyl groups excluding tert-OH is 1. The average molecular weight is 298 g/mol. The minimum atomic E-state index is -0.688. The van der Waals surface area contributed by atoms with Crippen molar-refractivity contribution >= 4 is 28.6 Å². The summed E-state index contributed by atoms with van der Waals surface area (Å²) in [6.07, 6.45) is -0.688. The molecule has 0 aliphatic heterocycles. The molecule has 2 rings (SSSR count). The van der Waals surface area contributed by atoms with Crippen LogP contribution in [0.1, 0.15) is 27.2 Å². The van der Waals surface area contributed by atoms with E-state index in [4.69, 9.17) is 4.74 Å². The van der Waals surface area contributed by atoms with E-state index < -0.39 is 6.10 Å². The fourth-order valence-corrected chi connectivity index (χ4v) is 2.92. The van der Waals surface area contributed by atoms with E-state index >= 15 is 0 Å². The van der Waals surface area contributed by atoms with Gasteiger partial charge in [0.05, 0.1) is 12.7 Å². The predicted molar refractivity (Wildman–Crippen MR) is 74.4 cm³/mol. The van der Waals surface area contributed by atoms with Crippen LogP contribution in [-0.4, -0.2) is 29.7 Å². The summed E-state index contributed by atoms with van der Waals surface area (Å²) in [4.78, 5) is 16.0. The molecule has 0 spiro atoms. The first-order valence-electron chi connectivity index (χ1n) is 5.62. The monoisotopic (exact) mass is 298 g/mol. The second-order valence-corrected chi connectivity index (χ2v) is 5.56. The number of carbonyl (C=O) groups is 1. The number of rotatable bonds is 6. The van der Waals surface area contributed by atoms with E-state index in [1.165, 1.54) is 22.7 Å². The normalized spacial score (nSPS) is 12.3. The molecule has 102 valence electrons. The molecule has 7 heteroatoms. The van der Waals surface area contributed by atoms with E-state index in [1.54, 1.807) is 12.5 Å². The number of ether oxygens (including phenoxy) is 1. The van der Waals surface area contributed by atoms with Crippen molar-refractivity contribution in [2.75, 3.05) is 13.7 Å². The van der Waals surface area contributed by atoms with E-state index in [0.29, 0.717) is 12.3 Å². The number of nitrogens with one attached hydrogen (secondary N) is 1. The standard InChI is InChI=1S/C12H14N2O3S2/c1-17-5-11-14-9(7-19-11)12(16)13-4-10(15)8-2-3-18-6-8/h2-3,6-7,10,15H,4-5H2,1H3,(H,13,16). The summed E-state index contributed by atoms with van der Waals surface area (Å²) in [6.45, 7) is 0.572. The van der Waals surface area contributed by atoms with Gasteiger partial charge >= 0.3 is 0 Å². The summed E-state index contributed by atoms with van der Waals surface area (Å²) in [5.74, 6) is -0.284. The van der Waals surface area contributed by atoms with E-state index in [2.05, 4.69) is 10.3 Å². The van der Waals surface area contributed by atoms with Crippen molar-refractivity contribution in [1.82, 2.24) is 10.3 Å². The molecule has 0 aliphatic rings. The topological polar surface area (TPSA) is 71.5 Å². The average Bonchev–Trinajstić information content (AvgIpc) is 3.06. The van der Waals surface area contributed by atoms with Gasteiger partial charge in [-0.1, -0.05) is 0 Å². The molecule has 1 unspecified atom stereocenters. The van der Waals surface area contributed by atoms with Crippen molar-refractivity contribution in [2.45, 2.75) is 12.7 Å². The highest BCUT2D eigenvalue weighted by Crippen LogP contribution is 2.15. The summed E-state index contributed by atoms with van der Waals surface area (Å²) in [6, 6.07) is 1.83. The second kappa shape index (κ2) is 6.76. The SMILES string of the molecule is COCc1nc(C(=O)NCC(O)c2ccsc2)cs1. The third kappa shape index (κ3) is 3.84. The number of amides is 1. The quantitative estimate of drug-likeness (QED) is 0.853. The maximum atomic E-state index is 11.8. The molecular weight excluding hydrogens is 284 g/mol. The number of hydrogen-bond donors (Lipinski definition) is 2. The molecule has 2 aromatic rings. The Morgan fingerprint density at radius 1 is 1.58 bits per heavy atom. The largest absolute Gasteiger partial charge is 0.387 e. The summed E-state index contributed by atoms with van der Waals surface area (Å²) in [5, 5.41) is 18.7. The first kappa shape index (κ1) is 14.1. The van der Waals surface area contributed by atoms with Crippen LogP contribution in [0.15, 0.2) is 22.2 Å². The molecule has 5 nitrogen and oxygen atoms in total. The second-order valence-electron chi connectivity index (χ2n) is 3.84. The number of aromatic nitrogens is 1. The highest BCUT2D eigenvalue weighted by Gasteiger charge is 2.13. The van der Waals surface area contributed by atoms with Crippen LogP contribution < -0.4 is 5.32 Å². The minimum Gasteiger partial charge on any atom is -0.387 e. The first-order valence-corrected chi connectivity index (χ1v) is 7.44. The molecule has 0 saturated heterocycles. The Hall–Kier alpha value is -1.28. The molecule has 2 aromatic heterocycles. The lowest BCUT2D eigenvalue weighted by Crippen LogP contribution is -2.28. The van der Waals surface area contributed by atoms with Crippen molar-refractivity contribution < 1.29 is 14.6 Å². The summed E-state index contributed by atoms with van der Waals surface area (Å²) in [5.41, 5.74) is 1.17. The van der Waals surface area contributed by atoms with Crippen molar-refractivity contribution in [3.63, 3.8) is 0 Å². The maximum Gasteiger partial charge on any atom is 0.270 e. The van der Waals surface area contributed by atoms with Crippen LogP contribution in [0.4, 0.5) is 0 Å². The van der Waals surface area contributed by atoms with Crippen molar-refractivity contribution in [2.24, 2.45) is 0 Å². The molecule has 0 saturated carbocycles. The van der Waals surface area contributed by atoms with Crippen LogP contribution in [-0.2, 0) is 11.3 Å². The highest BCUT2D eigenvalue weighted by atomic mass is 32.1. The number of nitrogens with zero attached hydrogens (tertiary/aromatic N) is 1. The van der Waals surface area contributed by atoms with Gasteiger partial charge in [0, 0.05) is 19.0 Å². The van der Waals surface area contributed by atoms with Gasteiger partial charge < -0.3 is 15.2 Å². The molecule has 0 fully saturated rings. The molecule has 1 amide bonds. The summed E-state index contributed by atoms with van der Waals surface area (Å²) in [7, 11) is 1.58. The Balaban J connectivity index is 1.86. The van der Waals surface area contributed by atoms with Crippen LogP contribution in [0, 0.1) is 0 Å². The fraction of sp³-hybridized carbons (Fsp3) is 0.333. The zero-order chi connectivity index (χ0) is 13.7. The van der Waals surface area contributed by atoms with Crippen LogP contribution in [0.25, 0.3) is 0 Å². The third-order valence-electron chi connectivity index (χ3n) is 2.44. The number of hydrogen-bond acceptors (Lipinski definition) is 6. The van der Waals surface area contributed by atoms with Gasteiger partial charge in [0.25, 0.3) is 5.91 Å². The van der Waals surface area contributed by atoms with Gasteiger partial charge in [-0.05, 0) is 22.4 Å². The van der Waals surface area contributed by atoms with Crippen molar-refractivity contribution in [1.29, 1.82) is 0 Å². The Morgan fingerprint density at radius 2 is 2.42 bits per heavy atom. The Bertz CT molecular complexity index is 525. The predicted octanol–water partition coefficient (Wildman–Crippen LogP) is 1.81. The lowest BCUT2D eigenvalue weighted by molar-refractivity contribution is 0.0911. The molecule has 0 bridgehead atoms. The van der Waals surface area contributed by atoms with Crippen LogP contribution >= 0.6 is 22.7 Å². The Morgan fingerprint density at radius 3 is 3.11 bits per heavy atom. The zero-order valence-corrected chi connectivity index (χ0v) is 12.0. The number of aliphatic hydroxyl groups is 1. The Kier molecular flexibility index (Phi) is 5.03. The van der Waals surface area contributed by atoms with Crippen LogP contribution in [0.3, 0.4) is 0 Å². The lowest BCUT2D eigenvalue weighted by Gasteiger charge is -2.09. The molecule has 2 N–H and O–H groups in total. The van der Waals surface area contributed by atoms with Gasteiger partial charge in [0.2, 0.25) is 0 Å². The fourth-order valence-electron chi connectivity index (χ4n) is 1.47. The summed E-state index contributed by atoms with van der Waals surface area (Å²) < 4.78 is 4.95. The smallest absolute Gasteiger partial charge is 0.270 e. The number of thiophene rings is 1. The Labute approximate surface area is 118 Å². The first-order chi connectivity index (χ1) is 9.20. The van der Waals surface area contributed by atoms with Crippen molar-refractivity contribution in [3.05, 3.63) is 38.5 Å². The number of carbonyl (C=O) groups excluding carboxylic acids is 1. The van der Waals surface area contributed by atoms with Crippen LogP contribution in [0.2, 0.25) is 0 Å².